The summed E-state index contributed by atoms with van der Waals surface area (Å²) < 4.78 is 52.8. The summed E-state index contributed by atoms with van der Waals surface area (Å²) in [4.78, 5) is 0.453. The van der Waals surface area contributed by atoms with Gasteiger partial charge in [0.05, 0.1) is 10.5 Å². The van der Waals surface area contributed by atoms with Crippen molar-refractivity contribution in [2.45, 2.75) is 30.7 Å². The van der Waals surface area contributed by atoms with Crippen LogP contribution < -0.4 is 0 Å². The van der Waals surface area contributed by atoms with Crippen LogP contribution in [0.1, 0.15) is 30.1 Å². The number of fused-ring (bicyclic) bond motifs is 1. The molecule has 1 atom stereocenters. The average Bonchev–Trinajstić information content (AvgIpc) is 2.51. The molecule has 1 aromatic heterocycles. The van der Waals surface area contributed by atoms with E-state index < -0.39 is 21.8 Å². The first kappa shape index (κ1) is 12.0. The molecule has 0 nitrogen and oxygen atoms in total. The van der Waals surface area contributed by atoms with Crippen LogP contribution in [0.25, 0.3) is 10.1 Å². The molecule has 2 aromatic rings. The summed E-state index contributed by atoms with van der Waals surface area (Å²) in [7, 11) is -1.93. The first-order chi connectivity index (χ1) is 8.47. The second kappa shape index (κ2) is 3.95. The zero-order chi connectivity index (χ0) is 12.9. The molecule has 1 fully saturated rings. The highest BCUT2D eigenvalue weighted by molar-refractivity contribution is 7.38. The van der Waals surface area contributed by atoms with Crippen LogP contribution in [0, 0.1) is 5.82 Å². The zero-order valence-electron chi connectivity index (χ0n) is 9.43. The van der Waals surface area contributed by atoms with Crippen LogP contribution in [-0.4, -0.2) is 0 Å². The third kappa shape index (κ3) is 1.81. The Morgan fingerprint density at radius 1 is 1.11 bits per heavy atom. The Morgan fingerprint density at radius 3 is 2.39 bits per heavy atom. The van der Waals surface area contributed by atoms with E-state index in [1.807, 2.05) is 0 Å². The van der Waals surface area contributed by atoms with E-state index in [0.717, 1.165) is 25.3 Å². The van der Waals surface area contributed by atoms with Crippen LogP contribution in [0.15, 0.2) is 24.3 Å². The molecule has 0 aliphatic heterocycles. The second-order valence-corrected chi connectivity index (χ2v) is 6.60. The molecule has 1 unspecified atom stereocenters. The Kier molecular flexibility index (Phi) is 2.62. The molecule has 0 amide bonds. The lowest BCUT2D eigenvalue weighted by molar-refractivity contribution is -0.0868. The molecule has 0 N–H and O–H groups in total. The number of halogens is 4. The summed E-state index contributed by atoms with van der Waals surface area (Å²) in [5, 5.41) is 0.527. The van der Waals surface area contributed by atoms with E-state index in [1.165, 1.54) is 12.1 Å². The van der Waals surface area contributed by atoms with Gasteiger partial charge in [-0.1, -0.05) is 6.42 Å². The molecule has 0 radical (unpaired) electrons. The van der Waals surface area contributed by atoms with Gasteiger partial charge < -0.3 is 0 Å². The molecular weight excluding hydrogens is 264 g/mol. The van der Waals surface area contributed by atoms with Crippen molar-refractivity contribution < 1.29 is 17.6 Å². The predicted molar refractivity (Wildman–Crippen MR) is 64.3 cm³/mol. The minimum absolute atomic E-state index is 0.0328. The molecule has 5 heteroatoms. The average molecular weight is 275 g/mol. The van der Waals surface area contributed by atoms with Crippen LogP contribution in [0.2, 0.25) is 0 Å². The van der Waals surface area contributed by atoms with Gasteiger partial charge in [0.1, 0.15) is 5.82 Å². The van der Waals surface area contributed by atoms with Crippen LogP contribution >= 0.6 is 10.5 Å². The van der Waals surface area contributed by atoms with Gasteiger partial charge in [-0.15, -0.1) is 13.2 Å². The molecule has 18 heavy (non-hydrogen) atoms. The molecule has 1 aromatic carbocycles. The first-order valence-electron chi connectivity index (χ1n) is 5.79. The fourth-order valence-corrected chi connectivity index (χ4v) is 4.56. The third-order valence-corrected chi connectivity index (χ3v) is 5.65. The number of hydrogen-bond acceptors (Lipinski definition) is 0. The van der Waals surface area contributed by atoms with Crippen LogP contribution in [-0.2, 0) is 5.51 Å². The minimum Gasteiger partial charge on any atom is -0.207 e. The lowest BCUT2D eigenvalue weighted by Crippen LogP contribution is -2.10. The van der Waals surface area contributed by atoms with Crippen molar-refractivity contribution in [3.63, 3.8) is 0 Å². The first-order valence-corrected chi connectivity index (χ1v) is 7.01. The normalized spacial score (nSPS) is 18.1. The summed E-state index contributed by atoms with van der Waals surface area (Å²) in [6.07, 6.45) is 2.63. The van der Waals surface area contributed by atoms with Gasteiger partial charge in [-0.2, -0.15) is 0 Å². The predicted octanol–water partition coefficient (Wildman–Crippen LogP) is 5.47. The van der Waals surface area contributed by atoms with E-state index in [1.54, 1.807) is 6.07 Å². The number of alkyl halides is 3. The van der Waals surface area contributed by atoms with Crippen molar-refractivity contribution in [3.05, 3.63) is 35.0 Å². The third-order valence-electron chi connectivity index (χ3n) is 3.47. The van der Waals surface area contributed by atoms with E-state index in [0.29, 0.717) is 10.3 Å². The van der Waals surface area contributed by atoms with E-state index in [2.05, 4.69) is 0 Å². The van der Waals surface area contributed by atoms with Gasteiger partial charge >= 0.3 is 5.51 Å². The van der Waals surface area contributed by atoms with E-state index in [4.69, 9.17) is 0 Å². The number of rotatable bonds is 1. The number of benzene rings is 1. The Bertz CT molecular complexity index is 593. The second-order valence-electron chi connectivity index (χ2n) is 4.61. The van der Waals surface area contributed by atoms with Gasteiger partial charge in [0.15, 0.2) is 9.58 Å². The highest BCUT2D eigenvalue weighted by Gasteiger charge is 2.50. The largest absolute Gasteiger partial charge is 0.600 e. The Balaban J connectivity index is 2.27. The molecule has 1 aliphatic rings. The van der Waals surface area contributed by atoms with Gasteiger partial charge in [0.25, 0.3) is 0 Å². The van der Waals surface area contributed by atoms with E-state index in [9.17, 15) is 17.6 Å². The van der Waals surface area contributed by atoms with Crippen LogP contribution in [0.4, 0.5) is 17.6 Å². The van der Waals surface area contributed by atoms with Gasteiger partial charge in [0.2, 0.25) is 0 Å². The monoisotopic (exact) mass is 275 g/mol. The maximum atomic E-state index is 13.2. The Hall–Kier alpha value is -1.10. The molecule has 3 rings (SSSR count). The molecule has 96 valence electrons. The summed E-state index contributed by atoms with van der Waals surface area (Å²) in [6.45, 7) is 0. The topological polar surface area (TPSA) is 0 Å². The molecule has 0 saturated heterocycles. The molecular formula is C13H11F4S+. The molecule has 1 aliphatic carbocycles. The Morgan fingerprint density at radius 2 is 1.83 bits per heavy atom. The lowest BCUT2D eigenvalue weighted by Gasteiger charge is -2.21. The quantitative estimate of drug-likeness (QED) is 0.478. The van der Waals surface area contributed by atoms with Crippen molar-refractivity contribution >= 4 is 20.6 Å². The molecule has 0 spiro atoms. The summed E-state index contributed by atoms with van der Waals surface area (Å²) in [5.41, 5.74) is -4.31. The van der Waals surface area contributed by atoms with E-state index in [-0.39, 0.29) is 10.6 Å². The van der Waals surface area contributed by atoms with Gasteiger partial charge in [0, 0.05) is 23.4 Å². The highest BCUT2D eigenvalue weighted by Crippen LogP contribution is 2.56. The van der Waals surface area contributed by atoms with E-state index >= 15 is 0 Å². The van der Waals surface area contributed by atoms with Crippen LogP contribution in [0.5, 0.6) is 0 Å². The smallest absolute Gasteiger partial charge is 0.207 e. The molecule has 1 heterocycles. The molecule has 1 saturated carbocycles. The molecule has 0 bridgehead atoms. The Labute approximate surface area is 104 Å². The van der Waals surface area contributed by atoms with Crippen molar-refractivity contribution in [1.82, 2.24) is 0 Å². The lowest BCUT2D eigenvalue weighted by atomic mass is 9.84. The van der Waals surface area contributed by atoms with Crippen molar-refractivity contribution in [3.8, 4) is 0 Å². The summed E-state index contributed by atoms with van der Waals surface area (Å²) in [6, 6.07) is 5.32. The van der Waals surface area contributed by atoms with Crippen molar-refractivity contribution in [2.75, 3.05) is 0 Å². The standard InChI is InChI=1S/C13H11F4S/c14-10-5-4-9-6-11(8-2-1-3-8)18(12(9)7-10)13(15,16)17/h4-8H,1-3H2/q+1. The summed E-state index contributed by atoms with van der Waals surface area (Å²) in [5.74, 6) is -0.566. The highest BCUT2D eigenvalue weighted by atomic mass is 32.2. The van der Waals surface area contributed by atoms with Gasteiger partial charge in [-0.25, -0.2) is 4.39 Å². The van der Waals surface area contributed by atoms with Crippen molar-refractivity contribution in [2.24, 2.45) is 0 Å². The maximum absolute atomic E-state index is 13.2. The summed E-state index contributed by atoms with van der Waals surface area (Å²) >= 11 is 0. The van der Waals surface area contributed by atoms with Crippen LogP contribution in [0.3, 0.4) is 0 Å². The van der Waals surface area contributed by atoms with Gasteiger partial charge in [-0.05, 0) is 25.0 Å². The minimum atomic E-state index is -4.31. The number of thiophene rings is 1. The SMILES string of the molecule is Fc1ccc2cc(C3CCC3)[s+](C(F)(F)F)c2c1. The fourth-order valence-electron chi connectivity index (χ4n) is 2.38. The zero-order valence-corrected chi connectivity index (χ0v) is 10.2. The maximum Gasteiger partial charge on any atom is 0.600 e. The number of hydrogen-bond donors (Lipinski definition) is 0. The fraction of sp³-hybridized carbons (Fsp3) is 0.385. The van der Waals surface area contributed by atoms with Gasteiger partial charge in [-0.3, -0.25) is 0 Å². The van der Waals surface area contributed by atoms with Crippen molar-refractivity contribution in [1.29, 1.82) is 0 Å².